The Balaban J connectivity index is 3.74. The molecule has 0 aromatic rings. The Hall–Kier alpha value is -0.220. The lowest BCUT2D eigenvalue weighted by atomic mass is 10.1. The molecule has 78 valence electrons. The fourth-order valence-electron chi connectivity index (χ4n) is 1.14. The molecule has 13 heavy (non-hydrogen) atoms. The number of thioether (sulfide) groups is 1. The van der Waals surface area contributed by atoms with Gasteiger partial charge in [0.1, 0.15) is 0 Å². The predicted molar refractivity (Wildman–Crippen MR) is 58.9 cm³/mol. The number of amides is 1. The Morgan fingerprint density at radius 2 is 2.15 bits per heavy atom. The first-order valence-electron chi connectivity index (χ1n) is 4.62. The lowest BCUT2D eigenvalue weighted by Gasteiger charge is -2.17. The van der Waals surface area contributed by atoms with Gasteiger partial charge < -0.3 is 11.1 Å². The number of carbonyl (C=O) groups is 1. The highest BCUT2D eigenvalue weighted by atomic mass is 32.2. The molecule has 0 rings (SSSR count). The lowest BCUT2D eigenvalue weighted by Crippen LogP contribution is -2.44. The van der Waals surface area contributed by atoms with Crippen molar-refractivity contribution in [3.05, 3.63) is 0 Å². The highest BCUT2D eigenvalue weighted by Gasteiger charge is 2.14. The highest BCUT2D eigenvalue weighted by Crippen LogP contribution is 2.03. The fourth-order valence-corrected chi connectivity index (χ4v) is 1.60. The molecule has 0 saturated heterocycles. The topological polar surface area (TPSA) is 55.1 Å². The van der Waals surface area contributed by atoms with Gasteiger partial charge in [0.2, 0.25) is 5.91 Å². The molecular formula is C9H20N2OS. The zero-order valence-electron chi connectivity index (χ0n) is 8.67. The molecule has 0 aromatic carbocycles. The van der Waals surface area contributed by atoms with Crippen LogP contribution in [0.3, 0.4) is 0 Å². The van der Waals surface area contributed by atoms with E-state index in [9.17, 15) is 4.79 Å². The summed E-state index contributed by atoms with van der Waals surface area (Å²) >= 11 is 1.79. The van der Waals surface area contributed by atoms with Crippen molar-refractivity contribution in [3.8, 4) is 0 Å². The average Bonchev–Trinajstić information content (AvgIpc) is 2.02. The molecule has 3 nitrogen and oxygen atoms in total. The summed E-state index contributed by atoms with van der Waals surface area (Å²) in [5.41, 5.74) is 5.26. The van der Waals surface area contributed by atoms with E-state index in [2.05, 4.69) is 11.6 Å². The van der Waals surface area contributed by atoms with Gasteiger partial charge in [-0.2, -0.15) is 11.8 Å². The van der Waals surface area contributed by atoms with Gasteiger partial charge in [-0.3, -0.25) is 4.79 Å². The second-order valence-electron chi connectivity index (χ2n) is 3.41. The van der Waals surface area contributed by atoms with Crippen molar-refractivity contribution in [1.82, 2.24) is 5.32 Å². The SMILES string of the molecule is CSCCCC(NC(C)C)C(N)=O. The minimum Gasteiger partial charge on any atom is -0.368 e. The number of nitrogens with two attached hydrogens (primary N) is 1. The van der Waals surface area contributed by atoms with Crippen LogP contribution in [0.4, 0.5) is 0 Å². The van der Waals surface area contributed by atoms with E-state index in [-0.39, 0.29) is 11.9 Å². The van der Waals surface area contributed by atoms with Gasteiger partial charge in [0.05, 0.1) is 6.04 Å². The van der Waals surface area contributed by atoms with Crippen molar-refractivity contribution in [2.45, 2.75) is 38.8 Å². The summed E-state index contributed by atoms with van der Waals surface area (Å²) in [6.07, 6.45) is 3.94. The van der Waals surface area contributed by atoms with Crippen LogP contribution in [0.15, 0.2) is 0 Å². The molecule has 0 fully saturated rings. The van der Waals surface area contributed by atoms with Gasteiger partial charge >= 0.3 is 0 Å². The van der Waals surface area contributed by atoms with Gasteiger partial charge in [-0.05, 0) is 24.9 Å². The quantitative estimate of drug-likeness (QED) is 0.608. The molecule has 0 saturated carbocycles. The van der Waals surface area contributed by atoms with E-state index >= 15 is 0 Å². The monoisotopic (exact) mass is 204 g/mol. The summed E-state index contributed by atoms with van der Waals surface area (Å²) in [5, 5.41) is 3.15. The molecule has 0 aliphatic heterocycles. The molecule has 1 atom stereocenters. The first kappa shape index (κ1) is 12.8. The third kappa shape index (κ3) is 6.90. The van der Waals surface area contributed by atoms with E-state index in [1.54, 1.807) is 11.8 Å². The van der Waals surface area contributed by atoms with Gasteiger partial charge in [-0.1, -0.05) is 13.8 Å². The Morgan fingerprint density at radius 3 is 2.54 bits per heavy atom. The molecule has 1 amide bonds. The number of carbonyl (C=O) groups excluding carboxylic acids is 1. The molecule has 1 unspecified atom stereocenters. The van der Waals surface area contributed by atoms with Gasteiger partial charge in [0.25, 0.3) is 0 Å². The minimum atomic E-state index is -0.241. The Labute approximate surface area is 84.8 Å². The Kier molecular flexibility index (Phi) is 7.09. The molecule has 0 aliphatic rings. The maximum absolute atomic E-state index is 11.0. The summed E-state index contributed by atoms with van der Waals surface area (Å²) in [5.74, 6) is 0.846. The first-order valence-corrected chi connectivity index (χ1v) is 6.01. The average molecular weight is 204 g/mol. The van der Waals surface area contributed by atoms with Gasteiger partial charge in [-0.15, -0.1) is 0 Å². The van der Waals surface area contributed by atoms with Crippen molar-refractivity contribution in [2.75, 3.05) is 12.0 Å². The predicted octanol–water partition coefficient (Wildman–Crippen LogP) is 0.981. The van der Waals surface area contributed by atoms with E-state index < -0.39 is 0 Å². The van der Waals surface area contributed by atoms with Crippen LogP contribution < -0.4 is 11.1 Å². The molecule has 0 aromatic heterocycles. The number of hydrogen-bond donors (Lipinski definition) is 2. The molecule has 0 spiro atoms. The maximum Gasteiger partial charge on any atom is 0.234 e. The molecular weight excluding hydrogens is 184 g/mol. The van der Waals surface area contributed by atoms with Crippen LogP contribution in [0.2, 0.25) is 0 Å². The molecule has 0 aliphatic carbocycles. The van der Waals surface area contributed by atoms with Crippen molar-refractivity contribution >= 4 is 17.7 Å². The van der Waals surface area contributed by atoms with Crippen molar-refractivity contribution < 1.29 is 4.79 Å². The van der Waals surface area contributed by atoms with Crippen LogP contribution in [0, 0.1) is 0 Å². The van der Waals surface area contributed by atoms with E-state index in [0.717, 1.165) is 18.6 Å². The number of hydrogen-bond acceptors (Lipinski definition) is 3. The Bertz CT molecular complexity index is 151. The van der Waals surface area contributed by atoms with Gasteiger partial charge in [-0.25, -0.2) is 0 Å². The summed E-state index contributed by atoms with van der Waals surface area (Å²) in [6, 6.07) is 0.152. The van der Waals surface area contributed by atoms with E-state index in [1.165, 1.54) is 0 Å². The fraction of sp³-hybridized carbons (Fsp3) is 0.889. The van der Waals surface area contributed by atoms with Crippen LogP contribution in [0.1, 0.15) is 26.7 Å². The zero-order valence-corrected chi connectivity index (χ0v) is 9.49. The summed E-state index contributed by atoms with van der Waals surface area (Å²) in [7, 11) is 0. The maximum atomic E-state index is 11.0. The Morgan fingerprint density at radius 1 is 1.54 bits per heavy atom. The molecule has 3 N–H and O–H groups in total. The van der Waals surface area contributed by atoms with Gasteiger partial charge in [0, 0.05) is 6.04 Å². The third-order valence-corrected chi connectivity index (χ3v) is 2.42. The standard InChI is InChI=1S/C9H20N2OS/c1-7(2)11-8(9(10)12)5-4-6-13-3/h7-8,11H,4-6H2,1-3H3,(H2,10,12). The van der Waals surface area contributed by atoms with Crippen LogP contribution >= 0.6 is 11.8 Å². The third-order valence-electron chi connectivity index (χ3n) is 1.72. The van der Waals surface area contributed by atoms with Crippen LogP contribution in [-0.4, -0.2) is 30.0 Å². The lowest BCUT2D eigenvalue weighted by molar-refractivity contribution is -0.120. The molecule has 0 bridgehead atoms. The van der Waals surface area contributed by atoms with E-state index in [1.807, 2.05) is 13.8 Å². The smallest absolute Gasteiger partial charge is 0.234 e. The van der Waals surface area contributed by atoms with Crippen LogP contribution in [0.5, 0.6) is 0 Å². The second kappa shape index (κ2) is 7.21. The van der Waals surface area contributed by atoms with Gasteiger partial charge in [0.15, 0.2) is 0 Å². The van der Waals surface area contributed by atoms with Crippen molar-refractivity contribution in [3.63, 3.8) is 0 Å². The number of rotatable bonds is 7. The largest absolute Gasteiger partial charge is 0.368 e. The minimum absolute atomic E-state index is 0.160. The van der Waals surface area contributed by atoms with Crippen LogP contribution in [0.25, 0.3) is 0 Å². The van der Waals surface area contributed by atoms with E-state index in [4.69, 9.17) is 5.73 Å². The summed E-state index contributed by atoms with van der Waals surface area (Å²) < 4.78 is 0. The van der Waals surface area contributed by atoms with Crippen molar-refractivity contribution in [2.24, 2.45) is 5.73 Å². The first-order chi connectivity index (χ1) is 6.07. The molecule has 0 heterocycles. The normalized spacial score (nSPS) is 13.2. The number of nitrogens with one attached hydrogen (secondary N) is 1. The second-order valence-corrected chi connectivity index (χ2v) is 4.40. The number of primary amides is 1. The summed E-state index contributed by atoms with van der Waals surface area (Å²) in [6.45, 7) is 4.04. The molecule has 4 heteroatoms. The summed E-state index contributed by atoms with van der Waals surface area (Å²) in [4.78, 5) is 11.0. The molecule has 0 radical (unpaired) electrons. The van der Waals surface area contributed by atoms with E-state index in [0.29, 0.717) is 6.04 Å². The highest BCUT2D eigenvalue weighted by molar-refractivity contribution is 7.98. The van der Waals surface area contributed by atoms with Crippen LogP contribution in [-0.2, 0) is 4.79 Å². The van der Waals surface area contributed by atoms with Crippen molar-refractivity contribution in [1.29, 1.82) is 0 Å². The zero-order chi connectivity index (χ0) is 10.3.